The highest BCUT2D eigenvalue weighted by molar-refractivity contribution is 5.39. The molecule has 1 spiro atoms. The third-order valence-electron chi connectivity index (χ3n) is 5.46. The Kier molecular flexibility index (Phi) is 3.64. The molecule has 3 nitrogen and oxygen atoms in total. The van der Waals surface area contributed by atoms with Crippen LogP contribution in [0.15, 0.2) is 18.2 Å². The van der Waals surface area contributed by atoms with Gasteiger partial charge in [0.25, 0.3) is 0 Å². The molecular formula is C18H26N2O. The van der Waals surface area contributed by atoms with Crippen molar-refractivity contribution in [1.82, 2.24) is 10.2 Å². The average molecular weight is 286 g/mol. The molecule has 2 fully saturated rings. The lowest BCUT2D eigenvalue weighted by atomic mass is 9.74. The summed E-state index contributed by atoms with van der Waals surface area (Å²) in [5.74, 6) is 1.10. The smallest absolute Gasteiger partial charge is 0.122 e. The number of piperidine rings is 2. The van der Waals surface area contributed by atoms with E-state index in [1.54, 1.807) is 0 Å². The van der Waals surface area contributed by atoms with Crippen LogP contribution >= 0.6 is 0 Å². The minimum Gasteiger partial charge on any atom is -0.493 e. The van der Waals surface area contributed by atoms with Gasteiger partial charge in [0.05, 0.1) is 6.61 Å². The van der Waals surface area contributed by atoms with Crippen molar-refractivity contribution >= 4 is 0 Å². The Morgan fingerprint density at radius 3 is 3.10 bits per heavy atom. The number of ether oxygens (including phenoxy) is 1. The molecule has 1 aromatic carbocycles. The first kappa shape index (κ1) is 13.6. The Hall–Kier alpha value is -1.06. The predicted molar refractivity (Wildman–Crippen MR) is 84.7 cm³/mol. The molecule has 1 aromatic rings. The van der Waals surface area contributed by atoms with Crippen molar-refractivity contribution in [3.8, 4) is 5.75 Å². The van der Waals surface area contributed by atoms with E-state index in [4.69, 9.17) is 4.74 Å². The Morgan fingerprint density at radius 1 is 1.24 bits per heavy atom. The molecule has 1 atom stereocenters. The first-order chi connectivity index (χ1) is 10.3. The average Bonchev–Trinajstić information content (AvgIpc) is 2.96. The second-order valence-electron chi connectivity index (χ2n) is 7.14. The lowest BCUT2D eigenvalue weighted by Crippen LogP contribution is -2.50. The molecule has 0 radical (unpaired) electrons. The number of nitrogens with zero attached hydrogens (tertiary/aromatic N) is 1. The zero-order valence-electron chi connectivity index (χ0n) is 12.9. The van der Waals surface area contributed by atoms with Gasteiger partial charge in [-0.25, -0.2) is 0 Å². The topological polar surface area (TPSA) is 24.5 Å². The summed E-state index contributed by atoms with van der Waals surface area (Å²) >= 11 is 0. The Balaban J connectivity index is 1.44. The zero-order chi connectivity index (χ0) is 14.1. The number of benzene rings is 1. The zero-order valence-corrected chi connectivity index (χ0v) is 12.9. The Morgan fingerprint density at radius 2 is 2.19 bits per heavy atom. The van der Waals surface area contributed by atoms with Crippen molar-refractivity contribution in [2.75, 3.05) is 32.8 Å². The summed E-state index contributed by atoms with van der Waals surface area (Å²) in [5, 5.41) is 3.62. The van der Waals surface area contributed by atoms with E-state index in [-0.39, 0.29) is 0 Å². The molecule has 1 unspecified atom stereocenters. The normalized spacial score (nSPS) is 29.3. The summed E-state index contributed by atoms with van der Waals surface area (Å²) in [6.07, 6.45) is 6.61. The van der Waals surface area contributed by atoms with E-state index in [2.05, 4.69) is 28.4 Å². The highest BCUT2D eigenvalue weighted by Gasteiger charge is 2.36. The maximum atomic E-state index is 5.61. The molecular weight excluding hydrogens is 260 g/mol. The second-order valence-corrected chi connectivity index (χ2v) is 7.14. The van der Waals surface area contributed by atoms with Crippen LogP contribution in [0.2, 0.25) is 0 Å². The van der Waals surface area contributed by atoms with Crippen molar-refractivity contribution < 1.29 is 4.74 Å². The molecule has 1 N–H and O–H groups in total. The van der Waals surface area contributed by atoms with Gasteiger partial charge in [0.2, 0.25) is 0 Å². The molecule has 3 heteroatoms. The lowest BCUT2D eigenvalue weighted by molar-refractivity contribution is 0.0600. The van der Waals surface area contributed by atoms with E-state index in [1.807, 2.05) is 0 Å². The van der Waals surface area contributed by atoms with Gasteiger partial charge in [-0.05, 0) is 61.4 Å². The molecule has 21 heavy (non-hydrogen) atoms. The molecule has 3 aliphatic rings. The SMILES string of the molecule is c1cc2c(cc1CN1CCCC3(CCCNC3)C1)CCO2. The molecule has 0 aromatic heterocycles. The lowest BCUT2D eigenvalue weighted by Gasteiger charge is -2.45. The van der Waals surface area contributed by atoms with Crippen LogP contribution in [0.5, 0.6) is 5.75 Å². The number of likely N-dealkylation sites (tertiary alicyclic amines) is 1. The van der Waals surface area contributed by atoms with Crippen molar-refractivity contribution in [1.29, 1.82) is 0 Å². The minimum atomic E-state index is 0.552. The molecule has 0 aliphatic carbocycles. The number of hydrogen-bond acceptors (Lipinski definition) is 3. The van der Waals surface area contributed by atoms with Gasteiger partial charge in [0.1, 0.15) is 5.75 Å². The summed E-state index contributed by atoms with van der Waals surface area (Å²) in [5.41, 5.74) is 3.41. The van der Waals surface area contributed by atoms with Crippen LogP contribution in [0.3, 0.4) is 0 Å². The largest absolute Gasteiger partial charge is 0.493 e. The van der Waals surface area contributed by atoms with Crippen LogP contribution in [0, 0.1) is 5.41 Å². The van der Waals surface area contributed by atoms with Crippen LogP contribution in [0.25, 0.3) is 0 Å². The predicted octanol–water partition coefficient (Wildman–Crippen LogP) is 2.59. The molecule has 114 valence electrons. The van der Waals surface area contributed by atoms with Crippen LogP contribution in [0.4, 0.5) is 0 Å². The summed E-state index contributed by atoms with van der Waals surface area (Å²) < 4.78 is 5.61. The summed E-state index contributed by atoms with van der Waals surface area (Å²) in [4.78, 5) is 2.67. The van der Waals surface area contributed by atoms with Gasteiger partial charge in [-0.1, -0.05) is 12.1 Å². The fourth-order valence-corrected chi connectivity index (χ4v) is 4.42. The third kappa shape index (κ3) is 2.82. The maximum absolute atomic E-state index is 5.61. The van der Waals surface area contributed by atoms with Crippen molar-refractivity contribution in [2.24, 2.45) is 5.41 Å². The standard InChI is InChI=1S/C18H26N2O/c1-6-18(13-19-8-1)7-2-9-20(14-18)12-15-3-4-17-16(11-15)5-10-21-17/h3-4,11,19H,1-2,5-10,12-14H2. The van der Waals surface area contributed by atoms with E-state index < -0.39 is 0 Å². The Labute approximate surface area is 127 Å². The molecule has 0 amide bonds. The van der Waals surface area contributed by atoms with Crippen LogP contribution < -0.4 is 10.1 Å². The fourth-order valence-electron chi connectivity index (χ4n) is 4.42. The van der Waals surface area contributed by atoms with Crippen LogP contribution in [-0.4, -0.2) is 37.7 Å². The number of fused-ring (bicyclic) bond motifs is 1. The third-order valence-corrected chi connectivity index (χ3v) is 5.46. The Bertz CT molecular complexity index is 502. The fraction of sp³-hybridized carbons (Fsp3) is 0.667. The summed E-state index contributed by atoms with van der Waals surface area (Å²) in [6.45, 7) is 6.93. The first-order valence-electron chi connectivity index (χ1n) is 8.51. The molecule has 3 heterocycles. The van der Waals surface area contributed by atoms with Gasteiger partial charge >= 0.3 is 0 Å². The number of rotatable bonds is 2. The van der Waals surface area contributed by atoms with Gasteiger partial charge < -0.3 is 10.1 Å². The van der Waals surface area contributed by atoms with Crippen LogP contribution in [0.1, 0.15) is 36.8 Å². The van der Waals surface area contributed by atoms with Gasteiger partial charge in [0.15, 0.2) is 0 Å². The van der Waals surface area contributed by atoms with Gasteiger partial charge in [-0.3, -0.25) is 4.90 Å². The minimum absolute atomic E-state index is 0.552. The molecule has 0 bridgehead atoms. The van der Waals surface area contributed by atoms with E-state index in [0.29, 0.717) is 5.41 Å². The quantitative estimate of drug-likeness (QED) is 0.904. The molecule has 2 saturated heterocycles. The molecule has 3 aliphatic heterocycles. The van der Waals surface area contributed by atoms with E-state index in [1.165, 1.54) is 63.0 Å². The highest BCUT2D eigenvalue weighted by atomic mass is 16.5. The monoisotopic (exact) mass is 286 g/mol. The van der Waals surface area contributed by atoms with Crippen LogP contribution in [-0.2, 0) is 13.0 Å². The van der Waals surface area contributed by atoms with Crippen molar-refractivity contribution in [2.45, 2.75) is 38.6 Å². The van der Waals surface area contributed by atoms with E-state index >= 15 is 0 Å². The van der Waals surface area contributed by atoms with E-state index in [0.717, 1.165) is 25.3 Å². The van der Waals surface area contributed by atoms with Gasteiger partial charge in [-0.2, -0.15) is 0 Å². The van der Waals surface area contributed by atoms with E-state index in [9.17, 15) is 0 Å². The summed E-state index contributed by atoms with van der Waals surface area (Å²) in [6, 6.07) is 6.78. The van der Waals surface area contributed by atoms with Gasteiger partial charge in [-0.15, -0.1) is 0 Å². The van der Waals surface area contributed by atoms with Crippen molar-refractivity contribution in [3.05, 3.63) is 29.3 Å². The van der Waals surface area contributed by atoms with Crippen molar-refractivity contribution in [3.63, 3.8) is 0 Å². The number of hydrogen-bond donors (Lipinski definition) is 1. The molecule has 4 rings (SSSR count). The maximum Gasteiger partial charge on any atom is 0.122 e. The summed E-state index contributed by atoms with van der Waals surface area (Å²) in [7, 11) is 0. The molecule has 0 saturated carbocycles. The second kappa shape index (κ2) is 5.62. The highest BCUT2D eigenvalue weighted by Crippen LogP contribution is 2.36. The first-order valence-corrected chi connectivity index (χ1v) is 8.51. The number of nitrogens with one attached hydrogen (secondary N) is 1. The van der Waals surface area contributed by atoms with Gasteiger partial charge in [0, 0.05) is 26.1 Å².